The first-order valence-corrected chi connectivity index (χ1v) is 11.1. The molecule has 0 heterocycles. The van der Waals surface area contributed by atoms with Gasteiger partial charge in [-0.1, -0.05) is 101 Å². The van der Waals surface area contributed by atoms with Gasteiger partial charge in [0.25, 0.3) is 0 Å². The van der Waals surface area contributed by atoms with E-state index in [9.17, 15) is 0 Å². The zero-order valence-corrected chi connectivity index (χ0v) is 17.3. The molecule has 0 saturated heterocycles. The third-order valence-electron chi connectivity index (χ3n) is 6.04. The van der Waals surface area contributed by atoms with Gasteiger partial charge in [-0.2, -0.15) is 0 Å². The summed E-state index contributed by atoms with van der Waals surface area (Å²) in [6.45, 7) is 4.63. The van der Waals surface area contributed by atoms with Crippen molar-refractivity contribution in [1.29, 1.82) is 0 Å². The molecule has 2 aromatic carbocycles. The van der Waals surface area contributed by atoms with Gasteiger partial charge >= 0.3 is 0 Å². The summed E-state index contributed by atoms with van der Waals surface area (Å²) in [4.78, 5) is 0. The van der Waals surface area contributed by atoms with Crippen molar-refractivity contribution >= 4 is 5.57 Å². The monoisotopic (exact) mass is 360 g/mol. The Morgan fingerprint density at radius 3 is 1.96 bits per heavy atom. The van der Waals surface area contributed by atoms with Crippen LogP contribution in [0.3, 0.4) is 0 Å². The molecule has 0 N–H and O–H groups in total. The maximum absolute atomic E-state index is 2.44. The van der Waals surface area contributed by atoms with E-state index < -0.39 is 0 Å². The fraction of sp³-hybridized carbons (Fsp3) is 0.481. The van der Waals surface area contributed by atoms with Gasteiger partial charge in [-0.05, 0) is 65.8 Å². The van der Waals surface area contributed by atoms with Gasteiger partial charge in [0.2, 0.25) is 0 Å². The Bertz CT molecular complexity index is 703. The average Bonchev–Trinajstić information content (AvgIpc) is 2.72. The predicted octanol–water partition coefficient (Wildman–Crippen LogP) is 8.46. The second kappa shape index (κ2) is 10.5. The number of rotatable bonds is 9. The van der Waals surface area contributed by atoms with Crippen LogP contribution in [0.25, 0.3) is 16.7 Å². The molecule has 1 aliphatic carbocycles. The van der Waals surface area contributed by atoms with Crippen LogP contribution in [0.4, 0.5) is 0 Å². The largest absolute Gasteiger partial charge is 0.0805 e. The molecule has 0 spiro atoms. The highest BCUT2D eigenvalue weighted by Crippen LogP contribution is 2.31. The maximum atomic E-state index is 2.44. The molecule has 0 nitrogen and oxygen atoms in total. The highest BCUT2D eigenvalue weighted by molar-refractivity contribution is 5.71. The van der Waals surface area contributed by atoms with E-state index in [1.54, 1.807) is 0 Å². The van der Waals surface area contributed by atoms with Crippen LogP contribution in [0.2, 0.25) is 0 Å². The molecule has 0 fully saturated rings. The molecule has 0 aliphatic heterocycles. The topological polar surface area (TPSA) is 0 Å². The lowest BCUT2D eigenvalue weighted by Crippen LogP contribution is -2.00. The zero-order valence-electron chi connectivity index (χ0n) is 17.3. The van der Waals surface area contributed by atoms with Crippen LogP contribution < -0.4 is 0 Å². The Balaban J connectivity index is 1.52. The Hall–Kier alpha value is -1.82. The fourth-order valence-electron chi connectivity index (χ4n) is 4.08. The van der Waals surface area contributed by atoms with Crippen LogP contribution >= 0.6 is 0 Å². The molecule has 1 aliphatic rings. The summed E-state index contributed by atoms with van der Waals surface area (Å²) in [5, 5.41) is 0. The van der Waals surface area contributed by atoms with Crippen LogP contribution in [0.5, 0.6) is 0 Å². The molecule has 144 valence electrons. The summed E-state index contributed by atoms with van der Waals surface area (Å²) in [6, 6.07) is 18.4. The second-order valence-corrected chi connectivity index (χ2v) is 8.40. The van der Waals surface area contributed by atoms with Crippen molar-refractivity contribution < 1.29 is 0 Å². The highest BCUT2D eigenvalue weighted by Gasteiger charge is 2.11. The van der Waals surface area contributed by atoms with Crippen LogP contribution in [-0.4, -0.2) is 0 Å². The Morgan fingerprint density at radius 1 is 0.741 bits per heavy atom. The Labute approximate surface area is 166 Å². The molecule has 1 unspecified atom stereocenters. The van der Waals surface area contributed by atoms with Gasteiger partial charge in [0, 0.05) is 0 Å². The maximum Gasteiger partial charge on any atom is -0.0184 e. The predicted molar refractivity (Wildman–Crippen MR) is 120 cm³/mol. The summed E-state index contributed by atoms with van der Waals surface area (Å²) in [5.74, 6) is 0.850. The minimum Gasteiger partial charge on any atom is -0.0805 e. The molecule has 27 heavy (non-hydrogen) atoms. The van der Waals surface area contributed by atoms with Gasteiger partial charge in [-0.3, -0.25) is 0 Å². The summed E-state index contributed by atoms with van der Waals surface area (Å²) in [7, 11) is 0. The SMILES string of the molecule is CCCCCCCCc1ccc(-c2ccc(C3=CCC(C)CC3)cc2)cc1. The first-order chi connectivity index (χ1) is 13.3. The van der Waals surface area contributed by atoms with Crippen LogP contribution in [0.1, 0.15) is 82.8 Å². The van der Waals surface area contributed by atoms with Crippen molar-refractivity contribution in [2.24, 2.45) is 5.92 Å². The number of hydrogen-bond donors (Lipinski definition) is 0. The van der Waals surface area contributed by atoms with E-state index in [1.165, 1.54) is 92.0 Å². The van der Waals surface area contributed by atoms with E-state index in [-0.39, 0.29) is 0 Å². The number of allylic oxidation sites excluding steroid dienone is 2. The lowest BCUT2D eigenvalue weighted by atomic mass is 9.87. The normalized spacial score (nSPS) is 17.0. The molecule has 0 heteroatoms. The minimum atomic E-state index is 0.850. The van der Waals surface area contributed by atoms with Crippen LogP contribution in [0, 0.1) is 5.92 Å². The van der Waals surface area contributed by atoms with E-state index in [0.717, 1.165) is 5.92 Å². The lowest BCUT2D eigenvalue weighted by Gasteiger charge is -2.18. The van der Waals surface area contributed by atoms with Gasteiger partial charge in [0.05, 0.1) is 0 Å². The summed E-state index contributed by atoms with van der Waals surface area (Å²) in [5.41, 5.74) is 7.08. The molecule has 0 bridgehead atoms. The molecule has 3 rings (SSSR count). The van der Waals surface area contributed by atoms with Gasteiger partial charge < -0.3 is 0 Å². The summed E-state index contributed by atoms with van der Waals surface area (Å²) < 4.78 is 0. The van der Waals surface area contributed by atoms with Gasteiger partial charge in [-0.15, -0.1) is 0 Å². The smallest absolute Gasteiger partial charge is 0.0184 e. The average molecular weight is 361 g/mol. The highest BCUT2D eigenvalue weighted by atomic mass is 14.2. The zero-order chi connectivity index (χ0) is 18.9. The quantitative estimate of drug-likeness (QED) is 0.393. The van der Waals surface area contributed by atoms with E-state index in [1.807, 2.05) is 0 Å². The number of unbranched alkanes of at least 4 members (excludes halogenated alkanes) is 5. The third-order valence-corrected chi connectivity index (χ3v) is 6.04. The van der Waals surface area contributed by atoms with E-state index in [0.29, 0.717) is 0 Å². The first-order valence-electron chi connectivity index (χ1n) is 11.1. The van der Waals surface area contributed by atoms with Gasteiger partial charge in [0.15, 0.2) is 0 Å². The van der Waals surface area contributed by atoms with Crippen molar-refractivity contribution in [1.82, 2.24) is 0 Å². The lowest BCUT2D eigenvalue weighted by molar-refractivity contribution is 0.534. The van der Waals surface area contributed by atoms with Gasteiger partial charge in [-0.25, -0.2) is 0 Å². The Morgan fingerprint density at radius 2 is 1.33 bits per heavy atom. The van der Waals surface area contributed by atoms with Crippen molar-refractivity contribution in [3.05, 3.63) is 65.7 Å². The number of aryl methyl sites for hydroxylation is 1. The molecule has 0 aromatic heterocycles. The molecular formula is C27H36. The molecule has 1 atom stereocenters. The molecular weight excluding hydrogens is 324 g/mol. The number of benzene rings is 2. The molecule has 0 saturated carbocycles. The standard InChI is InChI=1S/C27H36/c1-3-4-5-6-7-8-9-23-12-16-25(17-13-23)27-20-18-26(19-21-27)24-14-10-22(2)11-15-24/h12-14,16-22H,3-11,15H2,1-2H3. The fourth-order valence-corrected chi connectivity index (χ4v) is 4.08. The molecule has 0 amide bonds. The Kier molecular flexibility index (Phi) is 7.75. The van der Waals surface area contributed by atoms with Crippen molar-refractivity contribution in [2.45, 2.75) is 78.1 Å². The van der Waals surface area contributed by atoms with E-state index >= 15 is 0 Å². The van der Waals surface area contributed by atoms with Crippen molar-refractivity contribution in [3.8, 4) is 11.1 Å². The van der Waals surface area contributed by atoms with Crippen molar-refractivity contribution in [2.75, 3.05) is 0 Å². The summed E-state index contributed by atoms with van der Waals surface area (Å²) >= 11 is 0. The van der Waals surface area contributed by atoms with Crippen LogP contribution in [0.15, 0.2) is 54.6 Å². The van der Waals surface area contributed by atoms with E-state index in [4.69, 9.17) is 0 Å². The third kappa shape index (κ3) is 6.09. The van der Waals surface area contributed by atoms with Crippen LogP contribution in [-0.2, 0) is 6.42 Å². The number of hydrogen-bond acceptors (Lipinski definition) is 0. The van der Waals surface area contributed by atoms with Gasteiger partial charge in [0.1, 0.15) is 0 Å². The first kappa shape index (κ1) is 19.9. The van der Waals surface area contributed by atoms with E-state index in [2.05, 4.69) is 68.5 Å². The molecule has 0 radical (unpaired) electrons. The molecule has 2 aromatic rings. The minimum absolute atomic E-state index is 0.850. The second-order valence-electron chi connectivity index (χ2n) is 8.40. The summed E-state index contributed by atoms with van der Waals surface area (Å²) in [6.07, 6.45) is 15.7. The van der Waals surface area contributed by atoms with Crippen molar-refractivity contribution in [3.63, 3.8) is 0 Å².